The number of rotatable bonds is 1. The summed E-state index contributed by atoms with van der Waals surface area (Å²) in [5.41, 5.74) is 1.14. The topological polar surface area (TPSA) is 56.8 Å². The summed E-state index contributed by atoms with van der Waals surface area (Å²) in [6.07, 6.45) is 0. The first-order valence-corrected chi connectivity index (χ1v) is 3.84. The molecule has 0 N–H and O–H groups in total. The molecule has 1 heterocycles. The summed E-state index contributed by atoms with van der Waals surface area (Å²) in [7, 11) is 0. The van der Waals surface area contributed by atoms with E-state index < -0.39 is 0 Å². The Hall–Kier alpha value is -1.79. The Morgan fingerprint density at radius 2 is 2.23 bits per heavy atom. The number of benzene rings is 1. The van der Waals surface area contributed by atoms with Gasteiger partial charge in [0.05, 0.1) is 11.6 Å². The van der Waals surface area contributed by atoms with Crippen molar-refractivity contribution in [2.24, 2.45) is 0 Å². The van der Waals surface area contributed by atoms with E-state index in [1.165, 1.54) is 0 Å². The Kier molecular flexibility index (Phi) is 1.76. The van der Waals surface area contributed by atoms with Gasteiger partial charge in [-0.25, -0.2) is 5.11 Å². The van der Waals surface area contributed by atoms with Crippen LogP contribution in [0.2, 0.25) is 0 Å². The smallest absolute Gasteiger partial charge is 0.140 e. The van der Waals surface area contributed by atoms with Crippen molar-refractivity contribution < 1.29 is 9.52 Å². The molecule has 2 aromatic rings. The summed E-state index contributed by atoms with van der Waals surface area (Å²) < 4.78 is 5.20. The van der Waals surface area contributed by atoms with Crippen LogP contribution in [0.3, 0.4) is 0 Å². The molecule has 2 rings (SSSR count). The van der Waals surface area contributed by atoms with Gasteiger partial charge in [0.2, 0.25) is 0 Å². The molecule has 0 saturated heterocycles. The normalized spacial score (nSPS) is 10.2. The zero-order valence-corrected chi connectivity index (χ0v) is 6.78. The van der Waals surface area contributed by atoms with Gasteiger partial charge in [-0.3, -0.25) is 0 Å². The molecule has 0 aliphatic rings. The van der Waals surface area contributed by atoms with E-state index in [4.69, 9.17) is 9.68 Å². The van der Waals surface area contributed by atoms with Crippen molar-refractivity contribution in [2.75, 3.05) is 0 Å². The first-order valence-electron chi connectivity index (χ1n) is 3.84. The average Bonchev–Trinajstić information content (AvgIpc) is 2.58. The maximum absolute atomic E-state index is 10.5. The molecule has 3 nitrogen and oxygen atoms in total. The minimum absolute atomic E-state index is 0.365. The molecule has 0 atom stereocenters. The lowest BCUT2D eigenvalue weighted by molar-refractivity contribution is 0.157. The third kappa shape index (κ3) is 1.28. The minimum atomic E-state index is -0.365. The summed E-state index contributed by atoms with van der Waals surface area (Å²) in [5, 5.41) is 20.0. The lowest BCUT2D eigenvalue weighted by Crippen LogP contribution is -1.70. The molecule has 63 valence electrons. The van der Waals surface area contributed by atoms with Crippen molar-refractivity contribution in [3.8, 4) is 6.07 Å². The van der Waals surface area contributed by atoms with Gasteiger partial charge in [0.25, 0.3) is 0 Å². The minimum Gasteiger partial charge on any atom is -0.458 e. The van der Waals surface area contributed by atoms with Gasteiger partial charge in [0.15, 0.2) is 0 Å². The second kappa shape index (κ2) is 2.92. The first kappa shape index (κ1) is 7.84. The highest BCUT2D eigenvalue weighted by atomic mass is 16.4. The Balaban J connectivity index is 2.65. The molecule has 1 aromatic heterocycles. The van der Waals surface area contributed by atoms with Gasteiger partial charge in [-0.05, 0) is 24.3 Å². The Morgan fingerprint density at radius 1 is 1.38 bits per heavy atom. The van der Waals surface area contributed by atoms with Gasteiger partial charge in [-0.2, -0.15) is 5.26 Å². The van der Waals surface area contributed by atoms with E-state index in [9.17, 15) is 5.11 Å². The molecule has 0 fully saturated rings. The average molecular weight is 172 g/mol. The van der Waals surface area contributed by atoms with Crippen LogP contribution >= 0.6 is 0 Å². The fourth-order valence-corrected chi connectivity index (χ4v) is 1.23. The molecular formula is C10H6NO2. The summed E-state index contributed by atoms with van der Waals surface area (Å²) in [4.78, 5) is 0. The van der Waals surface area contributed by atoms with E-state index in [-0.39, 0.29) is 6.61 Å². The molecule has 1 aromatic carbocycles. The molecule has 0 bridgehead atoms. The van der Waals surface area contributed by atoms with Gasteiger partial charge in [0.1, 0.15) is 18.0 Å². The zero-order valence-electron chi connectivity index (χ0n) is 6.78. The van der Waals surface area contributed by atoms with Crippen molar-refractivity contribution in [1.29, 1.82) is 5.26 Å². The lowest BCUT2D eigenvalue weighted by atomic mass is 10.2. The molecule has 0 unspecified atom stereocenters. The monoisotopic (exact) mass is 172 g/mol. The quantitative estimate of drug-likeness (QED) is 0.662. The number of nitrogens with zero attached hydrogens (tertiary/aromatic N) is 1. The maximum atomic E-state index is 10.5. The number of furan rings is 1. The molecule has 3 heteroatoms. The summed E-state index contributed by atoms with van der Waals surface area (Å²) in [6, 6.07) is 8.81. The van der Waals surface area contributed by atoms with Crippen LogP contribution in [0.5, 0.6) is 0 Å². The van der Waals surface area contributed by atoms with Crippen LogP contribution in [0, 0.1) is 11.3 Å². The summed E-state index contributed by atoms with van der Waals surface area (Å²) in [5.74, 6) is 0.407. The first-order chi connectivity index (χ1) is 6.33. The van der Waals surface area contributed by atoms with Crippen LogP contribution < -0.4 is 0 Å². The largest absolute Gasteiger partial charge is 0.458 e. The predicted octanol–water partition coefficient (Wildman–Crippen LogP) is 2.23. The van der Waals surface area contributed by atoms with E-state index in [0.29, 0.717) is 16.9 Å². The number of hydrogen-bond donors (Lipinski definition) is 0. The van der Waals surface area contributed by atoms with Crippen LogP contribution in [-0.4, -0.2) is 0 Å². The lowest BCUT2D eigenvalue weighted by Gasteiger charge is -1.87. The van der Waals surface area contributed by atoms with Crippen molar-refractivity contribution in [3.05, 3.63) is 35.6 Å². The fourth-order valence-electron chi connectivity index (χ4n) is 1.23. The second-order valence-electron chi connectivity index (χ2n) is 2.72. The molecule has 0 aliphatic heterocycles. The molecule has 0 spiro atoms. The van der Waals surface area contributed by atoms with Crippen LogP contribution in [0.15, 0.2) is 28.7 Å². The van der Waals surface area contributed by atoms with E-state index >= 15 is 0 Å². The van der Waals surface area contributed by atoms with Crippen LogP contribution in [-0.2, 0) is 11.7 Å². The van der Waals surface area contributed by atoms with E-state index in [2.05, 4.69) is 0 Å². The Morgan fingerprint density at radius 3 is 2.92 bits per heavy atom. The predicted molar refractivity (Wildman–Crippen MR) is 45.3 cm³/mol. The standard InChI is InChI=1S/C10H6NO2/c11-5-7-1-2-8-4-9(6-12)13-10(8)3-7/h1-4H,6H2. The Bertz CT molecular complexity index is 479. The molecule has 1 radical (unpaired) electrons. The second-order valence-corrected chi connectivity index (χ2v) is 2.72. The summed E-state index contributed by atoms with van der Waals surface area (Å²) in [6.45, 7) is -0.365. The number of hydrogen-bond acceptors (Lipinski definition) is 2. The van der Waals surface area contributed by atoms with Gasteiger partial charge >= 0.3 is 0 Å². The highest BCUT2D eigenvalue weighted by Crippen LogP contribution is 2.20. The molecular weight excluding hydrogens is 166 g/mol. The van der Waals surface area contributed by atoms with Gasteiger partial charge in [0, 0.05) is 5.39 Å². The van der Waals surface area contributed by atoms with E-state index in [1.807, 2.05) is 6.07 Å². The highest BCUT2D eigenvalue weighted by molar-refractivity contribution is 5.79. The van der Waals surface area contributed by atoms with Crippen LogP contribution in [0.4, 0.5) is 0 Å². The Labute approximate surface area is 74.8 Å². The van der Waals surface area contributed by atoms with Crippen molar-refractivity contribution in [3.63, 3.8) is 0 Å². The molecule has 0 amide bonds. The maximum Gasteiger partial charge on any atom is 0.140 e. The van der Waals surface area contributed by atoms with Gasteiger partial charge in [-0.1, -0.05) is 0 Å². The van der Waals surface area contributed by atoms with Crippen molar-refractivity contribution >= 4 is 11.0 Å². The van der Waals surface area contributed by atoms with Crippen molar-refractivity contribution in [2.45, 2.75) is 6.61 Å². The van der Waals surface area contributed by atoms with Gasteiger partial charge in [-0.15, -0.1) is 0 Å². The fraction of sp³-hybridized carbons (Fsp3) is 0.100. The van der Waals surface area contributed by atoms with Crippen LogP contribution in [0.1, 0.15) is 11.3 Å². The van der Waals surface area contributed by atoms with Crippen molar-refractivity contribution in [1.82, 2.24) is 0 Å². The third-order valence-corrected chi connectivity index (χ3v) is 1.84. The number of nitriles is 1. The third-order valence-electron chi connectivity index (χ3n) is 1.84. The zero-order chi connectivity index (χ0) is 9.26. The SMILES string of the molecule is N#Cc1ccc2cc(C[O])oc2c1. The highest BCUT2D eigenvalue weighted by Gasteiger charge is 2.03. The summed E-state index contributed by atoms with van der Waals surface area (Å²) >= 11 is 0. The molecule has 0 aliphatic carbocycles. The number of fused-ring (bicyclic) bond motifs is 1. The van der Waals surface area contributed by atoms with Gasteiger partial charge < -0.3 is 4.42 Å². The molecule has 0 saturated carbocycles. The van der Waals surface area contributed by atoms with Crippen LogP contribution in [0.25, 0.3) is 11.0 Å². The molecule has 13 heavy (non-hydrogen) atoms. The van der Waals surface area contributed by atoms with E-state index in [1.54, 1.807) is 24.3 Å². The van der Waals surface area contributed by atoms with E-state index in [0.717, 1.165) is 5.39 Å².